The summed E-state index contributed by atoms with van der Waals surface area (Å²) in [5.41, 5.74) is 8.29. The molecule has 10 heteroatoms. The molecule has 1 aliphatic heterocycles. The number of imidazole rings is 1. The minimum Gasteiger partial charge on any atom is -0.366 e. The highest BCUT2D eigenvalue weighted by Crippen LogP contribution is 2.31. The van der Waals surface area contributed by atoms with Gasteiger partial charge in [0, 0.05) is 37.5 Å². The number of amides is 2. The monoisotopic (exact) mass is 558 g/mol. The van der Waals surface area contributed by atoms with Crippen LogP contribution >= 0.6 is 0 Å². The van der Waals surface area contributed by atoms with Crippen molar-refractivity contribution < 1.29 is 22.2 Å². The van der Waals surface area contributed by atoms with Crippen molar-refractivity contribution in [3.8, 4) is 11.4 Å². The van der Waals surface area contributed by atoms with Gasteiger partial charge in [0.2, 0.25) is 10.9 Å². The van der Waals surface area contributed by atoms with Crippen LogP contribution in [0.3, 0.4) is 0 Å². The van der Waals surface area contributed by atoms with Crippen molar-refractivity contribution in [1.82, 2.24) is 14.5 Å². The molecule has 0 unspecified atom stereocenters. The van der Waals surface area contributed by atoms with Gasteiger partial charge in [-0.2, -0.15) is 8.42 Å². The van der Waals surface area contributed by atoms with Crippen molar-refractivity contribution in [3.63, 3.8) is 0 Å². The van der Waals surface area contributed by atoms with E-state index in [9.17, 15) is 18.0 Å². The molecular weight excluding hydrogens is 528 g/mol. The molecule has 1 fully saturated rings. The van der Waals surface area contributed by atoms with Crippen LogP contribution in [0.1, 0.15) is 50.6 Å². The van der Waals surface area contributed by atoms with E-state index in [4.69, 9.17) is 9.92 Å². The van der Waals surface area contributed by atoms with Crippen LogP contribution in [0.4, 0.5) is 0 Å². The van der Waals surface area contributed by atoms with E-state index in [1.54, 1.807) is 42.3 Å². The smallest absolute Gasteiger partial charge is 0.316 e. The molecule has 2 N–H and O–H groups in total. The predicted octanol–water partition coefficient (Wildman–Crippen LogP) is 4.11. The number of hydrogen-bond donors (Lipinski definition) is 1. The molecule has 9 nitrogen and oxygen atoms in total. The molecule has 2 heterocycles. The number of benzene rings is 3. The maximum atomic E-state index is 13.8. The Labute approximate surface area is 233 Å². The fourth-order valence-electron chi connectivity index (χ4n) is 4.97. The van der Waals surface area contributed by atoms with Gasteiger partial charge >= 0.3 is 10.1 Å². The zero-order chi connectivity index (χ0) is 28.3. The van der Waals surface area contributed by atoms with Crippen LogP contribution in [0.2, 0.25) is 0 Å². The summed E-state index contributed by atoms with van der Waals surface area (Å²) in [6, 6.07) is 23.7. The van der Waals surface area contributed by atoms with E-state index >= 15 is 0 Å². The summed E-state index contributed by atoms with van der Waals surface area (Å²) in [6.07, 6.45) is 2.96. The molecule has 0 bridgehead atoms. The zero-order valence-corrected chi connectivity index (χ0v) is 22.9. The van der Waals surface area contributed by atoms with Gasteiger partial charge in [0.1, 0.15) is 5.82 Å². The van der Waals surface area contributed by atoms with E-state index in [0.29, 0.717) is 30.1 Å². The molecule has 0 atom stereocenters. The second-order valence-corrected chi connectivity index (χ2v) is 11.4. The average Bonchev–Trinajstić information content (AvgIpc) is 3.38. The van der Waals surface area contributed by atoms with E-state index in [0.717, 1.165) is 12.8 Å². The molecule has 1 aromatic heterocycles. The summed E-state index contributed by atoms with van der Waals surface area (Å²) in [5, 5.41) is -0.276. The molecular formula is C30H30N4O5S. The molecule has 3 aromatic carbocycles. The van der Waals surface area contributed by atoms with Crippen LogP contribution in [0, 0.1) is 0 Å². The maximum absolute atomic E-state index is 13.8. The minimum absolute atomic E-state index is 0.134. The van der Waals surface area contributed by atoms with Gasteiger partial charge < -0.3 is 15.2 Å². The van der Waals surface area contributed by atoms with Crippen LogP contribution in [-0.4, -0.2) is 47.8 Å². The summed E-state index contributed by atoms with van der Waals surface area (Å²) < 4.78 is 32.6. The lowest BCUT2D eigenvalue weighted by Gasteiger charge is -2.32. The number of aryl methyl sites for hydroxylation is 1. The summed E-state index contributed by atoms with van der Waals surface area (Å²) in [7, 11) is -2.54. The van der Waals surface area contributed by atoms with Crippen molar-refractivity contribution in [2.24, 2.45) is 12.8 Å². The molecule has 1 aliphatic rings. The Balaban J connectivity index is 1.41. The molecule has 2 amide bonds. The number of aromatic nitrogens is 2. The second-order valence-electron chi connectivity index (χ2n) is 9.82. The van der Waals surface area contributed by atoms with Gasteiger partial charge in [-0.05, 0) is 48.1 Å². The first kappa shape index (κ1) is 27.3. The number of nitrogens with zero attached hydrogens (tertiary/aromatic N) is 3. The van der Waals surface area contributed by atoms with E-state index in [-0.39, 0.29) is 34.5 Å². The van der Waals surface area contributed by atoms with Gasteiger partial charge in [-0.3, -0.25) is 13.8 Å². The Morgan fingerprint density at radius 2 is 1.62 bits per heavy atom. The quantitative estimate of drug-likeness (QED) is 0.325. The first-order valence-electron chi connectivity index (χ1n) is 13.0. The van der Waals surface area contributed by atoms with Crippen molar-refractivity contribution >= 4 is 21.9 Å². The van der Waals surface area contributed by atoms with Crippen LogP contribution in [0.15, 0.2) is 90.1 Å². The van der Waals surface area contributed by atoms with Gasteiger partial charge in [0.25, 0.3) is 5.91 Å². The molecule has 5 rings (SSSR count). The highest BCUT2D eigenvalue weighted by Gasteiger charge is 2.29. The fourth-order valence-corrected chi connectivity index (χ4v) is 5.87. The van der Waals surface area contributed by atoms with Gasteiger partial charge in [0.05, 0.1) is 12.2 Å². The number of hydrogen-bond acceptors (Lipinski definition) is 6. The third-order valence-corrected chi connectivity index (χ3v) is 8.30. The molecule has 4 aromatic rings. The average molecular weight is 559 g/mol. The summed E-state index contributed by atoms with van der Waals surface area (Å²) in [6.45, 7) is 0.962. The van der Waals surface area contributed by atoms with E-state index in [2.05, 4.69) is 17.1 Å². The Kier molecular flexibility index (Phi) is 7.81. The molecule has 206 valence electrons. The molecule has 0 radical (unpaired) electrons. The van der Waals surface area contributed by atoms with Gasteiger partial charge in [-0.15, -0.1) is 0 Å². The number of piperidine rings is 1. The van der Waals surface area contributed by atoms with E-state index < -0.39 is 16.0 Å². The summed E-state index contributed by atoms with van der Waals surface area (Å²) in [5.74, 6) is -0.321. The lowest BCUT2D eigenvalue weighted by molar-refractivity contribution is 0.0713. The lowest BCUT2D eigenvalue weighted by atomic mass is 9.89. The number of primary amides is 1. The van der Waals surface area contributed by atoms with Gasteiger partial charge in [0.15, 0.2) is 0 Å². The number of carbonyl (C=O) groups excluding carboxylic acids is 2. The van der Waals surface area contributed by atoms with E-state index in [1.807, 2.05) is 24.3 Å². The van der Waals surface area contributed by atoms with Crippen molar-refractivity contribution in [3.05, 3.63) is 107 Å². The standard InChI is InChI=1S/C30H30N4O5S/c1-33-19-27(40(37,38)39-20-21-8-4-2-5-9-21)32-29(33)25-13-12-24(28(31)35)18-26(25)30(36)34-16-14-23(15-17-34)22-10-6-3-7-11-22/h2-13,18-19,23H,14-17,20H2,1H3,(H2,31,35). The lowest BCUT2D eigenvalue weighted by Crippen LogP contribution is -2.38. The second kappa shape index (κ2) is 11.4. The molecule has 0 spiro atoms. The van der Waals surface area contributed by atoms with Crippen molar-refractivity contribution in [1.29, 1.82) is 0 Å². The van der Waals surface area contributed by atoms with Gasteiger partial charge in [-0.1, -0.05) is 60.7 Å². The highest BCUT2D eigenvalue weighted by atomic mass is 32.2. The third-order valence-electron chi connectivity index (χ3n) is 7.16. The number of nitrogens with two attached hydrogens (primary N) is 1. The number of rotatable bonds is 8. The Morgan fingerprint density at radius 1 is 0.975 bits per heavy atom. The first-order valence-corrected chi connectivity index (χ1v) is 14.4. The molecule has 40 heavy (non-hydrogen) atoms. The molecule has 0 saturated carbocycles. The number of likely N-dealkylation sites (tertiary alicyclic amines) is 1. The Bertz CT molecular complexity index is 1630. The fraction of sp³-hybridized carbons (Fsp3) is 0.233. The Hall–Kier alpha value is -4.28. The zero-order valence-electron chi connectivity index (χ0n) is 22.1. The third kappa shape index (κ3) is 5.83. The van der Waals surface area contributed by atoms with Crippen LogP contribution < -0.4 is 5.73 Å². The molecule has 0 aliphatic carbocycles. The van der Waals surface area contributed by atoms with Crippen molar-refractivity contribution in [2.75, 3.05) is 13.1 Å². The van der Waals surface area contributed by atoms with Crippen LogP contribution in [-0.2, 0) is 28.0 Å². The maximum Gasteiger partial charge on any atom is 0.316 e. The minimum atomic E-state index is -4.18. The largest absolute Gasteiger partial charge is 0.366 e. The normalized spacial score (nSPS) is 14.3. The van der Waals surface area contributed by atoms with Crippen LogP contribution in [0.5, 0.6) is 0 Å². The SMILES string of the molecule is Cn1cc(S(=O)(=O)OCc2ccccc2)nc1-c1ccc(C(N)=O)cc1C(=O)N1CCC(c2ccccc2)CC1. The summed E-state index contributed by atoms with van der Waals surface area (Å²) >= 11 is 0. The number of carbonyl (C=O) groups is 2. The predicted molar refractivity (Wildman–Crippen MR) is 150 cm³/mol. The highest BCUT2D eigenvalue weighted by molar-refractivity contribution is 7.86. The Morgan fingerprint density at radius 3 is 2.27 bits per heavy atom. The van der Waals surface area contributed by atoms with Crippen LogP contribution in [0.25, 0.3) is 11.4 Å². The van der Waals surface area contributed by atoms with E-state index in [1.165, 1.54) is 28.5 Å². The topological polar surface area (TPSA) is 125 Å². The van der Waals surface area contributed by atoms with Crippen molar-refractivity contribution in [2.45, 2.75) is 30.4 Å². The summed E-state index contributed by atoms with van der Waals surface area (Å²) in [4.78, 5) is 31.8. The van der Waals surface area contributed by atoms with Gasteiger partial charge in [-0.25, -0.2) is 4.98 Å². The first-order chi connectivity index (χ1) is 19.2. The molecule has 1 saturated heterocycles.